The van der Waals surface area contributed by atoms with E-state index < -0.39 is 0 Å². The number of rotatable bonds is 11. The van der Waals surface area contributed by atoms with Crippen molar-refractivity contribution in [2.24, 2.45) is 16.1 Å². The van der Waals surface area contributed by atoms with Gasteiger partial charge < -0.3 is 15.4 Å². The Morgan fingerprint density at radius 1 is 0.868 bits per heavy atom. The lowest BCUT2D eigenvalue weighted by molar-refractivity contribution is -0.142. The van der Waals surface area contributed by atoms with E-state index in [2.05, 4.69) is 71.1 Å². The average Bonchev–Trinajstić information content (AvgIpc) is 3.43. The van der Waals surface area contributed by atoms with Crippen LogP contribution in [0.4, 0.5) is 5.69 Å². The molecule has 0 aliphatic carbocycles. The van der Waals surface area contributed by atoms with Gasteiger partial charge in [-0.15, -0.1) is 0 Å². The number of carbonyl (C=O) groups is 2. The Balaban J connectivity index is 1.35. The summed E-state index contributed by atoms with van der Waals surface area (Å²) in [4.78, 5) is 23.8. The molecule has 0 aromatic heterocycles. The van der Waals surface area contributed by atoms with Crippen LogP contribution >= 0.6 is 0 Å². The van der Waals surface area contributed by atoms with Crippen molar-refractivity contribution in [3.63, 3.8) is 0 Å². The molecule has 0 saturated heterocycles. The first-order valence-electron chi connectivity index (χ1n) is 13.0. The van der Waals surface area contributed by atoms with Crippen LogP contribution in [-0.4, -0.2) is 36.5 Å². The summed E-state index contributed by atoms with van der Waals surface area (Å²) in [7, 11) is 0. The zero-order valence-electron chi connectivity index (χ0n) is 22.1. The predicted molar refractivity (Wildman–Crippen MR) is 152 cm³/mol. The molecule has 1 heterocycles. The summed E-state index contributed by atoms with van der Waals surface area (Å²) in [6, 6.07) is 26.1. The molecule has 0 saturated carbocycles. The molecule has 0 bridgehead atoms. The lowest BCUT2D eigenvalue weighted by atomic mass is 9.93. The number of hydrogen-bond donors (Lipinski definition) is 2. The molecule has 3 aromatic rings. The first-order chi connectivity index (χ1) is 18.4. The molecular weight excluding hydrogens is 476 g/mol. The molecule has 1 atom stereocenters. The zero-order chi connectivity index (χ0) is 26.9. The number of nitrogens with zero attached hydrogens (tertiary/aromatic N) is 2. The van der Waals surface area contributed by atoms with E-state index in [1.165, 1.54) is 5.56 Å². The molecule has 7 heteroatoms. The number of nitrogens with one attached hydrogen (secondary N) is 2. The number of benzene rings is 3. The number of hydrogen-bond acceptors (Lipinski definition) is 6. The van der Waals surface area contributed by atoms with E-state index >= 15 is 0 Å². The van der Waals surface area contributed by atoms with Crippen molar-refractivity contribution < 1.29 is 14.3 Å². The highest BCUT2D eigenvalue weighted by Crippen LogP contribution is 2.28. The largest absolute Gasteiger partial charge is 0.466 e. The van der Waals surface area contributed by atoms with Crippen molar-refractivity contribution in [3.05, 3.63) is 101 Å². The van der Waals surface area contributed by atoms with Crippen LogP contribution in [-0.2, 0) is 9.53 Å². The van der Waals surface area contributed by atoms with Crippen LogP contribution in [0.15, 0.2) is 89.1 Å². The maximum Gasteiger partial charge on any atom is 0.307 e. The summed E-state index contributed by atoms with van der Waals surface area (Å²) in [6.07, 6.45) is 0.876. The van der Waals surface area contributed by atoms with E-state index in [1.807, 2.05) is 30.3 Å². The highest BCUT2D eigenvalue weighted by molar-refractivity contribution is 6.20. The smallest absolute Gasteiger partial charge is 0.307 e. The minimum Gasteiger partial charge on any atom is -0.466 e. The summed E-state index contributed by atoms with van der Waals surface area (Å²) in [6.45, 7) is 6.70. The highest BCUT2D eigenvalue weighted by atomic mass is 16.5. The Kier molecular flexibility index (Phi) is 9.03. The molecule has 7 nitrogen and oxygen atoms in total. The molecule has 4 rings (SSSR count). The summed E-state index contributed by atoms with van der Waals surface area (Å²) < 4.78 is 4.88. The minimum absolute atomic E-state index is 0.0925. The van der Waals surface area contributed by atoms with E-state index in [9.17, 15) is 9.59 Å². The summed E-state index contributed by atoms with van der Waals surface area (Å²) in [5.41, 5.74) is 6.78. The number of anilines is 1. The van der Waals surface area contributed by atoms with E-state index in [4.69, 9.17) is 4.74 Å². The van der Waals surface area contributed by atoms with Crippen molar-refractivity contribution in [1.29, 1.82) is 0 Å². The fraction of sp³-hybridized carbons (Fsp3) is 0.290. The molecule has 3 aromatic carbocycles. The molecule has 0 radical (unpaired) electrons. The second-order valence-electron chi connectivity index (χ2n) is 9.51. The Morgan fingerprint density at radius 3 is 2.11 bits per heavy atom. The monoisotopic (exact) mass is 510 g/mol. The van der Waals surface area contributed by atoms with Crippen LogP contribution in [0.25, 0.3) is 0 Å². The van der Waals surface area contributed by atoms with Gasteiger partial charge in [0.05, 0.1) is 30.5 Å². The van der Waals surface area contributed by atoms with E-state index in [1.54, 1.807) is 19.1 Å². The molecule has 1 amide bonds. The van der Waals surface area contributed by atoms with Gasteiger partial charge in [0.15, 0.2) is 0 Å². The summed E-state index contributed by atoms with van der Waals surface area (Å²) in [5.74, 6) is -0.198. The van der Waals surface area contributed by atoms with Gasteiger partial charge in [0.1, 0.15) is 0 Å². The van der Waals surface area contributed by atoms with Crippen molar-refractivity contribution >= 4 is 29.0 Å². The Bertz CT molecular complexity index is 1300. The molecule has 0 spiro atoms. The van der Waals surface area contributed by atoms with Crippen LogP contribution in [0, 0.1) is 5.92 Å². The first-order valence-corrected chi connectivity index (χ1v) is 13.0. The fourth-order valence-corrected chi connectivity index (χ4v) is 4.33. The van der Waals surface area contributed by atoms with Gasteiger partial charge in [0, 0.05) is 24.2 Å². The average molecular weight is 511 g/mol. The number of esters is 1. The van der Waals surface area contributed by atoms with E-state index in [0.29, 0.717) is 18.1 Å². The number of ether oxygens (including phenoxy) is 1. The molecule has 2 N–H and O–H groups in total. The lowest BCUT2D eigenvalue weighted by Crippen LogP contribution is -2.26. The molecule has 1 aliphatic rings. The van der Waals surface area contributed by atoms with Crippen molar-refractivity contribution in [2.75, 3.05) is 18.5 Å². The van der Waals surface area contributed by atoms with Crippen LogP contribution in [0.5, 0.6) is 0 Å². The Labute approximate surface area is 224 Å². The van der Waals surface area contributed by atoms with Crippen molar-refractivity contribution in [1.82, 2.24) is 5.32 Å². The van der Waals surface area contributed by atoms with Crippen LogP contribution in [0.3, 0.4) is 0 Å². The highest BCUT2D eigenvalue weighted by Gasteiger charge is 2.19. The molecule has 38 heavy (non-hydrogen) atoms. The van der Waals surface area contributed by atoms with Crippen molar-refractivity contribution in [3.8, 4) is 0 Å². The second kappa shape index (κ2) is 12.8. The molecule has 196 valence electrons. The van der Waals surface area contributed by atoms with E-state index in [-0.39, 0.29) is 30.9 Å². The van der Waals surface area contributed by atoms with Gasteiger partial charge in [0.2, 0.25) is 0 Å². The Morgan fingerprint density at radius 2 is 1.50 bits per heavy atom. The van der Waals surface area contributed by atoms with Gasteiger partial charge >= 0.3 is 5.97 Å². The van der Waals surface area contributed by atoms with Crippen LogP contribution < -0.4 is 10.6 Å². The molecule has 1 aliphatic heterocycles. The third kappa shape index (κ3) is 6.94. The topological polar surface area (TPSA) is 92.1 Å². The van der Waals surface area contributed by atoms with E-state index in [0.717, 1.165) is 34.7 Å². The van der Waals surface area contributed by atoms with Crippen LogP contribution in [0.2, 0.25) is 0 Å². The maximum atomic E-state index is 12.4. The number of carbonyl (C=O) groups excluding carboxylic acids is 2. The van der Waals surface area contributed by atoms with Gasteiger partial charge in [-0.1, -0.05) is 68.4 Å². The van der Waals surface area contributed by atoms with Gasteiger partial charge in [-0.05, 0) is 53.8 Å². The SMILES string of the molecule is CCOC(=O)CCNC(=O)c1ccc(N[C@H](c2ccc(C3=NN=C(c4ccccc4)C3)cc2)C(C)C)cc1. The first kappa shape index (κ1) is 26.8. The minimum atomic E-state index is -0.318. The standard InChI is InChI=1S/C31H34N4O3/c1-4-38-29(36)18-19-32-31(37)25-14-16-26(17-15-25)33-30(21(2)3)24-12-10-23(11-13-24)28-20-27(34-35-28)22-8-6-5-7-9-22/h5-17,21,30,33H,4,18-20H2,1-3H3,(H,32,37)/t30-/m0/s1. The Hall–Kier alpha value is -4.26. The van der Waals surface area contributed by atoms with Crippen LogP contribution in [0.1, 0.15) is 66.7 Å². The maximum absolute atomic E-state index is 12.4. The normalized spacial score (nSPS) is 13.5. The third-order valence-electron chi connectivity index (χ3n) is 6.39. The number of amides is 1. The summed E-state index contributed by atoms with van der Waals surface area (Å²) in [5, 5.41) is 15.2. The van der Waals surface area contributed by atoms with Crippen molar-refractivity contribution in [2.45, 2.75) is 39.7 Å². The zero-order valence-corrected chi connectivity index (χ0v) is 22.1. The molecule has 0 unspecified atom stereocenters. The molecular formula is C31H34N4O3. The third-order valence-corrected chi connectivity index (χ3v) is 6.39. The van der Waals surface area contributed by atoms with Gasteiger partial charge in [-0.2, -0.15) is 10.2 Å². The summed E-state index contributed by atoms with van der Waals surface area (Å²) >= 11 is 0. The molecule has 0 fully saturated rings. The van der Waals surface area contributed by atoms with Gasteiger partial charge in [-0.25, -0.2) is 0 Å². The lowest BCUT2D eigenvalue weighted by Gasteiger charge is -2.24. The fourth-order valence-electron chi connectivity index (χ4n) is 4.33. The predicted octanol–water partition coefficient (Wildman–Crippen LogP) is 5.78. The van der Waals surface area contributed by atoms with Gasteiger partial charge in [-0.3, -0.25) is 9.59 Å². The van der Waals surface area contributed by atoms with Gasteiger partial charge in [0.25, 0.3) is 5.91 Å². The second-order valence-corrected chi connectivity index (χ2v) is 9.51. The quantitative estimate of drug-likeness (QED) is 0.320.